The highest BCUT2D eigenvalue weighted by atomic mass is 35.5. The van der Waals surface area contributed by atoms with Gasteiger partial charge in [0.25, 0.3) is 0 Å². The van der Waals surface area contributed by atoms with E-state index < -0.39 is 24.0 Å². The Morgan fingerprint density at radius 2 is 1.57 bits per heavy atom. The van der Waals surface area contributed by atoms with Gasteiger partial charge in [0.2, 0.25) is 5.91 Å². The molecule has 0 saturated carbocycles. The number of rotatable bonds is 7. The van der Waals surface area contributed by atoms with Gasteiger partial charge in [0.05, 0.1) is 11.3 Å². The molecule has 0 saturated heterocycles. The van der Waals surface area contributed by atoms with Gasteiger partial charge in [-0.1, -0.05) is 74.0 Å². The summed E-state index contributed by atoms with van der Waals surface area (Å²) in [5.74, 6) is -2.17. The van der Waals surface area contributed by atoms with Crippen molar-refractivity contribution in [3.05, 3.63) is 88.4 Å². The highest BCUT2D eigenvalue weighted by molar-refractivity contribution is 6.31. The lowest BCUT2D eigenvalue weighted by atomic mass is 9.98. The number of carbonyl (C=O) groups is 3. The summed E-state index contributed by atoms with van der Waals surface area (Å²) < 4.78 is 5.56. The summed E-state index contributed by atoms with van der Waals surface area (Å²) >= 11 is 5.88. The molecule has 3 N–H and O–H groups in total. The molecule has 1 aliphatic carbocycles. The smallest absolute Gasteiger partial charge is 0.407 e. The van der Waals surface area contributed by atoms with E-state index in [0.717, 1.165) is 22.3 Å². The van der Waals surface area contributed by atoms with E-state index in [1.54, 1.807) is 13.8 Å². The van der Waals surface area contributed by atoms with Crippen LogP contribution in [0.25, 0.3) is 11.1 Å². The minimum Gasteiger partial charge on any atom is -0.478 e. The minimum atomic E-state index is -1.23. The SMILES string of the molecule is CC(C)[C@@H](NC(=O)OCC1c2ccccc2-c2ccccc21)C(=O)Nc1ccc(Cl)cc1C(=O)O. The number of hydrogen-bond donors (Lipinski definition) is 3. The van der Waals surface area contributed by atoms with Crippen LogP contribution in [-0.2, 0) is 9.53 Å². The zero-order valence-corrected chi connectivity index (χ0v) is 20.0. The van der Waals surface area contributed by atoms with Crippen molar-refractivity contribution in [2.24, 2.45) is 5.92 Å². The molecule has 2 amide bonds. The number of halogens is 1. The van der Waals surface area contributed by atoms with Crippen molar-refractivity contribution < 1.29 is 24.2 Å². The second-order valence-corrected chi connectivity index (χ2v) is 9.11. The molecule has 180 valence electrons. The molecule has 0 heterocycles. The van der Waals surface area contributed by atoms with Gasteiger partial charge in [0.15, 0.2) is 0 Å². The summed E-state index contributed by atoms with van der Waals surface area (Å²) in [6.45, 7) is 3.66. The molecule has 7 nitrogen and oxygen atoms in total. The Kier molecular flexibility index (Phi) is 7.07. The van der Waals surface area contributed by atoms with Crippen LogP contribution in [0.5, 0.6) is 0 Å². The van der Waals surface area contributed by atoms with Crippen molar-refractivity contribution in [2.45, 2.75) is 25.8 Å². The summed E-state index contributed by atoms with van der Waals surface area (Å²) in [5.41, 5.74) is 4.36. The van der Waals surface area contributed by atoms with Gasteiger partial charge < -0.3 is 20.5 Å². The maximum Gasteiger partial charge on any atom is 0.407 e. The Morgan fingerprint density at radius 3 is 2.14 bits per heavy atom. The molecule has 0 fully saturated rings. The molecular formula is C27H25ClN2O5. The number of hydrogen-bond acceptors (Lipinski definition) is 4. The lowest BCUT2D eigenvalue weighted by Crippen LogP contribution is -2.47. The number of carboxylic acids is 1. The Labute approximate surface area is 208 Å². The first kappa shape index (κ1) is 24.3. The predicted molar refractivity (Wildman–Crippen MR) is 134 cm³/mol. The normalized spacial score (nSPS) is 13.0. The fraction of sp³-hybridized carbons (Fsp3) is 0.222. The average molecular weight is 493 g/mol. The molecule has 0 unspecified atom stereocenters. The number of carbonyl (C=O) groups excluding carboxylic acids is 2. The number of fused-ring (bicyclic) bond motifs is 3. The Morgan fingerprint density at radius 1 is 0.971 bits per heavy atom. The summed E-state index contributed by atoms with van der Waals surface area (Å²) in [6, 6.07) is 19.2. The van der Waals surface area contributed by atoms with E-state index in [1.165, 1.54) is 18.2 Å². The van der Waals surface area contributed by atoms with Crippen LogP contribution in [0.4, 0.5) is 10.5 Å². The fourth-order valence-corrected chi connectivity index (χ4v) is 4.49. The standard InChI is InChI=1S/C27H25ClN2O5/c1-15(2)24(25(31)29-23-12-11-16(28)13-21(23)26(32)33)30-27(34)35-14-22-19-9-5-3-7-17(19)18-8-4-6-10-20(18)22/h3-13,15,22,24H,14H2,1-2H3,(H,29,31)(H,30,34)(H,32,33)/t24-/m1/s1. The van der Waals surface area contributed by atoms with Gasteiger partial charge in [-0.2, -0.15) is 0 Å². The van der Waals surface area contributed by atoms with Gasteiger partial charge >= 0.3 is 12.1 Å². The summed E-state index contributed by atoms with van der Waals surface area (Å²) in [6.07, 6.45) is -0.727. The quantitative estimate of drug-likeness (QED) is 0.401. The van der Waals surface area contributed by atoms with E-state index >= 15 is 0 Å². The van der Waals surface area contributed by atoms with Crippen LogP contribution in [0.15, 0.2) is 66.7 Å². The first-order chi connectivity index (χ1) is 16.8. The Balaban J connectivity index is 1.44. The van der Waals surface area contributed by atoms with Crippen molar-refractivity contribution in [3.8, 4) is 11.1 Å². The van der Waals surface area contributed by atoms with Gasteiger partial charge in [-0.25, -0.2) is 9.59 Å². The largest absolute Gasteiger partial charge is 0.478 e. The number of benzene rings is 3. The van der Waals surface area contributed by atoms with Gasteiger partial charge in [-0.3, -0.25) is 4.79 Å². The number of alkyl carbamates (subject to hydrolysis) is 1. The van der Waals surface area contributed by atoms with Crippen LogP contribution in [0.1, 0.15) is 41.3 Å². The zero-order valence-electron chi connectivity index (χ0n) is 19.2. The third-order valence-corrected chi connectivity index (χ3v) is 6.27. The Hall–Kier alpha value is -3.84. The molecule has 0 radical (unpaired) electrons. The van der Waals surface area contributed by atoms with E-state index in [1.807, 2.05) is 36.4 Å². The molecule has 3 aromatic carbocycles. The molecule has 3 aromatic rings. The maximum absolute atomic E-state index is 12.9. The average Bonchev–Trinajstić information content (AvgIpc) is 3.15. The monoisotopic (exact) mass is 492 g/mol. The number of carboxylic acid groups (broad SMARTS) is 1. The molecule has 0 bridgehead atoms. The molecule has 35 heavy (non-hydrogen) atoms. The van der Waals surface area contributed by atoms with Gasteiger partial charge in [-0.15, -0.1) is 0 Å². The predicted octanol–water partition coefficient (Wildman–Crippen LogP) is 5.54. The highest BCUT2D eigenvalue weighted by Crippen LogP contribution is 2.44. The van der Waals surface area contributed by atoms with Crippen molar-refractivity contribution in [1.82, 2.24) is 5.32 Å². The molecule has 0 aromatic heterocycles. The summed E-state index contributed by atoms with van der Waals surface area (Å²) in [4.78, 5) is 37.1. The van der Waals surface area contributed by atoms with E-state index in [4.69, 9.17) is 16.3 Å². The van der Waals surface area contributed by atoms with Crippen molar-refractivity contribution in [1.29, 1.82) is 0 Å². The second-order valence-electron chi connectivity index (χ2n) is 8.68. The molecule has 1 atom stereocenters. The molecule has 1 aliphatic rings. The number of anilines is 1. The molecule has 8 heteroatoms. The van der Waals surface area contributed by atoms with Crippen LogP contribution in [0.3, 0.4) is 0 Å². The first-order valence-corrected chi connectivity index (χ1v) is 11.6. The van der Waals surface area contributed by atoms with Crippen molar-refractivity contribution in [2.75, 3.05) is 11.9 Å². The van der Waals surface area contributed by atoms with Crippen molar-refractivity contribution >= 4 is 35.3 Å². The third kappa shape index (κ3) is 5.15. The van der Waals surface area contributed by atoms with E-state index in [-0.39, 0.29) is 34.7 Å². The lowest BCUT2D eigenvalue weighted by Gasteiger charge is -2.22. The number of nitrogens with one attached hydrogen (secondary N) is 2. The number of aromatic carboxylic acids is 1. The molecule has 0 aliphatic heterocycles. The van der Waals surface area contributed by atoms with Crippen LogP contribution in [0, 0.1) is 5.92 Å². The minimum absolute atomic E-state index is 0.0897. The molecular weight excluding hydrogens is 468 g/mol. The van der Waals surface area contributed by atoms with Gasteiger partial charge in [0.1, 0.15) is 12.6 Å². The number of ether oxygens (including phenoxy) is 1. The van der Waals surface area contributed by atoms with Gasteiger partial charge in [0, 0.05) is 10.9 Å². The van der Waals surface area contributed by atoms with E-state index in [0.29, 0.717) is 0 Å². The lowest BCUT2D eigenvalue weighted by molar-refractivity contribution is -0.119. The van der Waals surface area contributed by atoms with E-state index in [9.17, 15) is 19.5 Å². The Bertz CT molecular complexity index is 1240. The molecule has 0 spiro atoms. The van der Waals surface area contributed by atoms with Crippen molar-refractivity contribution in [3.63, 3.8) is 0 Å². The second kappa shape index (κ2) is 10.2. The highest BCUT2D eigenvalue weighted by Gasteiger charge is 2.30. The van der Waals surface area contributed by atoms with Crippen LogP contribution in [-0.4, -0.2) is 35.7 Å². The summed E-state index contributed by atoms with van der Waals surface area (Å²) in [7, 11) is 0. The van der Waals surface area contributed by atoms with E-state index in [2.05, 4.69) is 22.8 Å². The van der Waals surface area contributed by atoms with Gasteiger partial charge in [-0.05, 0) is 46.4 Å². The third-order valence-electron chi connectivity index (χ3n) is 6.04. The number of amides is 2. The van der Waals surface area contributed by atoms with Crippen LogP contribution >= 0.6 is 11.6 Å². The molecule has 4 rings (SSSR count). The van der Waals surface area contributed by atoms with Crippen LogP contribution in [0.2, 0.25) is 5.02 Å². The van der Waals surface area contributed by atoms with Crippen LogP contribution < -0.4 is 10.6 Å². The maximum atomic E-state index is 12.9. The summed E-state index contributed by atoms with van der Waals surface area (Å²) in [5, 5.41) is 14.8. The zero-order chi connectivity index (χ0) is 25.1. The fourth-order valence-electron chi connectivity index (χ4n) is 4.31. The topological polar surface area (TPSA) is 105 Å². The first-order valence-electron chi connectivity index (χ1n) is 11.2.